The zero-order valence-corrected chi connectivity index (χ0v) is 18.7. The Morgan fingerprint density at radius 1 is 1.38 bits per heavy atom. The minimum absolute atomic E-state index is 0.157. The Hall–Kier alpha value is -3.16. The van der Waals surface area contributed by atoms with Crippen LogP contribution in [0.15, 0.2) is 10.7 Å². The third-order valence-corrected chi connectivity index (χ3v) is 5.35. The Bertz CT molecular complexity index is 1140. The van der Waals surface area contributed by atoms with E-state index in [1.54, 1.807) is 13.8 Å². The number of nitrogens with zero attached hydrogens (tertiary/aromatic N) is 5. The number of aromatic nitrogens is 5. The van der Waals surface area contributed by atoms with Crippen LogP contribution in [0.2, 0.25) is 0 Å². The number of nitrogens with one attached hydrogen (secondary N) is 1. The van der Waals surface area contributed by atoms with Crippen LogP contribution in [-0.4, -0.2) is 54.7 Å². The van der Waals surface area contributed by atoms with E-state index in [0.29, 0.717) is 47.8 Å². The fourth-order valence-electron chi connectivity index (χ4n) is 3.83. The van der Waals surface area contributed by atoms with Gasteiger partial charge in [0.05, 0.1) is 12.1 Å². The van der Waals surface area contributed by atoms with E-state index in [1.165, 1.54) is 12.8 Å². The van der Waals surface area contributed by atoms with Crippen molar-refractivity contribution >= 4 is 16.9 Å². The Balaban J connectivity index is 1.69. The van der Waals surface area contributed by atoms with E-state index in [9.17, 15) is 5.11 Å². The molecule has 3 aromatic heterocycles. The van der Waals surface area contributed by atoms with Crippen molar-refractivity contribution in [1.82, 2.24) is 30.2 Å². The number of anilines is 1. The summed E-state index contributed by atoms with van der Waals surface area (Å²) in [6.07, 6.45) is 4.46. The van der Waals surface area contributed by atoms with Gasteiger partial charge in [0.25, 0.3) is 0 Å². The molecule has 1 atom stereocenters. The minimum atomic E-state index is -1.17. The number of aryl methyl sites for hydroxylation is 1. The molecule has 1 fully saturated rings. The van der Waals surface area contributed by atoms with Gasteiger partial charge in [0.1, 0.15) is 16.8 Å². The minimum Gasteiger partial charge on any atom is -0.478 e. The quantitative estimate of drug-likeness (QED) is 0.373. The van der Waals surface area contributed by atoms with Gasteiger partial charge in [-0.2, -0.15) is 0 Å². The van der Waals surface area contributed by atoms with Crippen molar-refractivity contribution < 1.29 is 14.5 Å². The summed E-state index contributed by atoms with van der Waals surface area (Å²) in [5.74, 6) is 6.91. The first-order valence-corrected chi connectivity index (χ1v) is 11.0. The Morgan fingerprint density at radius 3 is 2.88 bits per heavy atom. The number of pyridine rings is 1. The molecule has 0 bridgehead atoms. The van der Waals surface area contributed by atoms with E-state index in [1.807, 2.05) is 17.6 Å². The molecular weight excluding hydrogens is 410 g/mol. The fourth-order valence-corrected chi connectivity index (χ4v) is 3.83. The van der Waals surface area contributed by atoms with Gasteiger partial charge in [0.2, 0.25) is 5.88 Å². The Morgan fingerprint density at radius 2 is 2.22 bits per heavy atom. The zero-order valence-electron chi connectivity index (χ0n) is 18.7. The Labute approximate surface area is 186 Å². The predicted octanol–water partition coefficient (Wildman–Crippen LogP) is 2.12. The highest BCUT2D eigenvalue weighted by molar-refractivity contribution is 5.86. The molecule has 10 heteroatoms. The molecule has 0 aromatic carbocycles. The standard InChI is InChI=1S/C22H29N7O3/c1-4-29-16-13-17(31-12-6-8-14-7-5-11-24-14)25-15(9-10-22(2,3)30)18(16)26-21(29)19-20(23)28-32-27-19/h13-14,24,30H,4-8,11-12H2,1-3H3,(H2,23,28)/t14-/m0/s1. The lowest BCUT2D eigenvalue weighted by Crippen LogP contribution is -2.21. The van der Waals surface area contributed by atoms with E-state index < -0.39 is 5.60 Å². The zero-order chi connectivity index (χ0) is 22.7. The Kier molecular flexibility index (Phi) is 6.30. The molecule has 0 saturated carbocycles. The third-order valence-electron chi connectivity index (χ3n) is 5.35. The molecule has 170 valence electrons. The topological polar surface area (TPSA) is 137 Å². The number of hydrogen-bond acceptors (Lipinski definition) is 9. The molecule has 0 spiro atoms. The first kappa shape index (κ1) is 22.0. The van der Waals surface area contributed by atoms with E-state index in [2.05, 4.69) is 37.4 Å². The molecule has 0 radical (unpaired) electrons. The first-order valence-electron chi connectivity index (χ1n) is 11.0. The summed E-state index contributed by atoms with van der Waals surface area (Å²) >= 11 is 0. The number of aliphatic hydroxyl groups is 1. The second kappa shape index (κ2) is 9.14. The van der Waals surface area contributed by atoms with Crippen LogP contribution in [0.4, 0.5) is 5.82 Å². The highest BCUT2D eigenvalue weighted by Gasteiger charge is 2.22. The average molecular weight is 440 g/mol. The van der Waals surface area contributed by atoms with E-state index in [0.717, 1.165) is 24.9 Å². The molecule has 4 heterocycles. The van der Waals surface area contributed by atoms with Gasteiger partial charge in [-0.25, -0.2) is 14.6 Å². The second-order valence-electron chi connectivity index (χ2n) is 8.45. The molecule has 10 nitrogen and oxygen atoms in total. The molecule has 3 aromatic rings. The monoisotopic (exact) mass is 439 g/mol. The van der Waals surface area contributed by atoms with Gasteiger partial charge in [-0.05, 0) is 69.2 Å². The van der Waals surface area contributed by atoms with Crippen molar-refractivity contribution in [2.24, 2.45) is 0 Å². The fraction of sp³-hybridized carbons (Fsp3) is 0.545. The van der Waals surface area contributed by atoms with E-state index in [4.69, 9.17) is 15.1 Å². The van der Waals surface area contributed by atoms with Crippen LogP contribution >= 0.6 is 0 Å². The number of fused-ring (bicyclic) bond motifs is 1. The molecule has 0 unspecified atom stereocenters. The number of nitrogens with two attached hydrogens (primary N) is 1. The van der Waals surface area contributed by atoms with Crippen LogP contribution in [0.25, 0.3) is 22.6 Å². The molecule has 1 aliphatic rings. The van der Waals surface area contributed by atoms with Crippen molar-refractivity contribution in [2.75, 3.05) is 18.9 Å². The van der Waals surface area contributed by atoms with Crippen LogP contribution in [0, 0.1) is 11.8 Å². The first-order chi connectivity index (χ1) is 15.4. The lowest BCUT2D eigenvalue weighted by atomic mass is 10.1. The van der Waals surface area contributed by atoms with Crippen LogP contribution < -0.4 is 15.8 Å². The van der Waals surface area contributed by atoms with Crippen LogP contribution in [0.5, 0.6) is 5.88 Å². The normalized spacial score (nSPS) is 16.3. The molecular formula is C22H29N7O3. The van der Waals surface area contributed by atoms with E-state index in [-0.39, 0.29) is 5.82 Å². The van der Waals surface area contributed by atoms with Gasteiger partial charge in [-0.3, -0.25) is 0 Å². The maximum Gasteiger partial charge on any atom is 0.216 e. The number of nitrogen functional groups attached to an aromatic ring is 1. The summed E-state index contributed by atoms with van der Waals surface area (Å²) in [6, 6.07) is 2.43. The van der Waals surface area contributed by atoms with E-state index >= 15 is 0 Å². The summed E-state index contributed by atoms with van der Waals surface area (Å²) in [5, 5.41) is 21.1. The van der Waals surface area contributed by atoms with Crippen LogP contribution in [0.3, 0.4) is 0 Å². The van der Waals surface area contributed by atoms with Crippen LogP contribution in [0.1, 0.15) is 52.1 Å². The summed E-state index contributed by atoms with van der Waals surface area (Å²) < 4.78 is 12.7. The number of hydrogen-bond donors (Lipinski definition) is 3. The number of rotatable bonds is 7. The summed E-state index contributed by atoms with van der Waals surface area (Å²) in [4.78, 5) is 9.26. The molecule has 4 N–H and O–H groups in total. The maximum absolute atomic E-state index is 10.1. The molecule has 0 amide bonds. The predicted molar refractivity (Wildman–Crippen MR) is 120 cm³/mol. The van der Waals surface area contributed by atoms with Crippen molar-refractivity contribution in [3.63, 3.8) is 0 Å². The van der Waals surface area contributed by atoms with Crippen molar-refractivity contribution in [3.05, 3.63) is 11.8 Å². The van der Waals surface area contributed by atoms with Gasteiger partial charge < -0.3 is 25.5 Å². The average Bonchev–Trinajstić information content (AvgIpc) is 3.48. The summed E-state index contributed by atoms with van der Waals surface area (Å²) in [7, 11) is 0. The number of ether oxygens (including phenoxy) is 1. The molecule has 32 heavy (non-hydrogen) atoms. The lowest BCUT2D eigenvalue weighted by molar-refractivity contribution is 0.143. The molecule has 1 aliphatic heterocycles. The smallest absolute Gasteiger partial charge is 0.216 e. The highest BCUT2D eigenvalue weighted by atomic mass is 16.6. The summed E-state index contributed by atoms with van der Waals surface area (Å²) in [5.41, 5.74) is 6.87. The second-order valence-corrected chi connectivity index (χ2v) is 8.45. The number of imidazole rings is 1. The van der Waals surface area contributed by atoms with Gasteiger partial charge in [-0.1, -0.05) is 5.92 Å². The van der Waals surface area contributed by atoms with Crippen LogP contribution in [-0.2, 0) is 6.54 Å². The van der Waals surface area contributed by atoms with Gasteiger partial charge in [0.15, 0.2) is 17.3 Å². The molecule has 0 aliphatic carbocycles. The van der Waals surface area contributed by atoms with Gasteiger partial charge in [0, 0.05) is 18.7 Å². The van der Waals surface area contributed by atoms with Gasteiger partial charge >= 0.3 is 0 Å². The summed E-state index contributed by atoms with van der Waals surface area (Å²) in [6.45, 7) is 7.49. The van der Waals surface area contributed by atoms with Gasteiger partial charge in [-0.15, -0.1) is 0 Å². The molecule has 4 rings (SSSR count). The van der Waals surface area contributed by atoms with Crippen molar-refractivity contribution in [3.8, 4) is 29.2 Å². The third kappa shape index (κ3) is 4.84. The van der Waals surface area contributed by atoms with Crippen molar-refractivity contribution in [2.45, 2.75) is 64.6 Å². The largest absolute Gasteiger partial charge is 0.478 e. The lowest BCUT2D eigenvalue weighted by Gasteiger charge is -2.11. The maximum atomic E-state index is 10.1. The highest BCUT2D eigenvalue weighted by Crippen LogP contribution is 2.30. The van der Waals surface area contributed by atoms with Crippen molar-refractivity contribution in [1.29, 1.82) is 0 Å². The molecule has 1 saturated heterocycles. The SMILES string of the molecule is CCn1c(-c2nonc2N)nc2c(C#CC(C)(C)O)nc(OCCC[C@@H]3CCCN3)cc21.